The molecule has 0 radical (unpaired) electrons. The highest BCUT2D eigenvalue weighted by atomic mass is 35.5. The maximum absolute atomic E-state index is 12.9. The Kier molecular flexibility index (Phi) is 6.33. The van der Waals surface area contributed by atoms with Crippen molar-refractivity contribution in [2.24, 2.45) is 5.73 Å². The number of rotatable bonds is 3. The lowest BCUT2D eigenvalue weighted by atomic mass is 9.95. The summed E-state index contributed by atoms with van der Waals surface area (Å²) in [5.74, 6) is 0.302. The van der Waals surface area contributed by atoms with Gasteiger partial charge in [-0.2, -0.15) is 0 Å². The molecule has 0 aliphatic carbocycles. The van der Waals surface area contributed by atoms with Gasteiger partial charge in [-0.05, 0) is 36.4 Å². The zero-order chi connectivity index (χ0) is 16.4. The Hall–Kier alpha value is -1.49. The standard InChI is InChI=1S/C19H22N2OS.ClH/c1-13-8-9-15(23-2)10-16(13)19(22)21-11-17(18(20)12-21)14-6-4-3-5-7-14;/h3-10,17-18H,11-12,20H2,1-2H3;1H/t17-,18+;/m0./s1. The molecule has 5 heteroatoms. The van der Waals surface area contributed by atoms with Crippen molar-refractivity contribution in [2.75, 3.05) is 19.3 Å². The van der Waals surface area contributed by atoms with Gasteiger partial charge in [0.15, 0.2) is 0 Å². The van der Waals surface area contributed by atoms with Gasteiger partial charge in [-0.25, -0.2) is 0 Å². The first-order valence-electron chi connectivity index (χ1n) is 7.84. The van der Waals surface area contributed by atoms with Gasteiger partial charge in [0.2, 0.25) is 0 Å². The number of carbonyl (C=O) groups excluding carboxylic acids is 1. The number of halogens is 1. The van der Waals surface area contributed by atoms with Crippen LogP contribution in [0.2, 0.25) is 0 Å². The van der Waals surface area contributed by atoms with Crippen molar-refractivity contribution in [3.8, 4) is 0 Å². The third-order valence-electron chi connectivity index (χ3n) is 4.56. The molecule has 0 unspecified atom stereocenters. The summed E-state index contributed by atoms with van der Waals surface area (Å²) in [5.41, 5.74) is 9.33. The second-order valence-electron chi connectivity index (χ2n) is 6.07. The van der Waals surface area contributed by atoms with Gasteiger partial charge in [0.25, 0.3) is 5.91 Å². The first-order valence-corrected chi connectivity index (χ1v) is 9.07. The van der Waals surface area contributed by atoms with E-state index in [1.165, 1.54) is 5.56 Å². The van der Waals surface area contributed by atoms with Gasteiger partial charge in [0.05, 0.1) is 0 Å². The second kappa shape index (κ2) is 8.06. The molecule has 1 fully saturated rings. The van der Waals surface area contributed by atoms with E-state index in [0.717, 1.165) is 16.0 Å². The fourth-order valence-corrected chi connectivity index (χ4v) is 3.62. The van der Waals surface area contributed by atoms with Crippen LogP contribution in [-0.4, -0.2) is 36.2 Å². The lowest BCUT2D eigenvalue weighted by Gasteiger charge is -2.18. The summed E-state index contributed by atoms with van der Waals surface area (Å²) in [5, 5.41) is 0. The Morgan fingerprint density at radius 2 is 1.88 bits per heavy atom. The van der Waals surface area contributed by atoms with Crippen LogP contribution >= 0.6 is 24.2 Å². The van der Waals surface area contributed by atoms with Crippen LogP contribution in [0.5, 0.6) is 0 Å². The summed E-state index contributed by atoms with van der Waals surface area (Å²) in [4.78, 5) is 15.9. The molecule has 0 saturated carbocycles. The molecule has 2 aromatic carbocycles. The number of aryl methyl sites for hydroxylation is 1. The number of hydrogen-bond donors (Lipinski definition) is 1. The Labute approximate surface area is 154 Å². The summed E-state index contributed by atoms with van der Waals surface area (Å²) >= 11 is 1.65. The fraction of sp³-hybridized carbons (Fsp3) is 0.316. The Morgan fingerprint density at radius 3 is 2.54 bits per heavy atom. The maximum Gasteiger partial charge on any atom is 0.254 e. The number of carbonyl (C=O) groups is 1. The van der Waals surface area contributed by atoms with Crippen LogP contribution in [0.25, 0.3) is 0 Å². The fourth-order valence-electron chi connectivity index (χ4n) is 3.18. The van der Waals surface area contributed by atoms with Crippen LogP contribution < -0.4 is 5.73 Å². The van der Waals surface area contributed by atoms with E-state index in [1.807, 2.05) is 48.4 Å². The zero-order valence-corrected chi connectivity index (χ0v) is 15.6. The molecule has 24 heavy (non-hydrogen) atoms. The van der Waals surface area contributed by atoms with Crippen LogP contribution in [0.3, 0.4) is 0 Å². The topological polar surface area (TPSA) is 46.3 Å². The normalized spacial score (nSPS) is 19.9. The first kappa shape index (κ1) is 18.8. The van der Waals surface area contributed by atoms with Crippen molar-refractivity contribution in [3.63, 3.8) is 0 Å². The highest BCUT2D eigenvalue weighted by molar-refractivity contribution is 7.98. The number of thioether (sulfide) groups is 1. The smallest absolute Gasteiger partial charge is 0.254 e. The molecule has 3 rings (SSSR count). The molecule has 0 aromatic heterocycles. The van der Waals surface area contributed by atoms with Crippen LogP contribution in [0.4, 0.5) is 0 Å². The number of hydrogen-bond acceptors (Lipinski definition) is 3. The summed E-state index contributed by atoms with van der Waals surface area (Å²) in [6, 6.07) is 16.3. The van der Waals surface area contributed by atoms with Gasteiger partial charge >= 0.3 is 0 Å². The summed E-state index contributed by atoms with van der Waals surface area (Å²) < 4.78 is 0. The van der Waals surface area contributed by atoms with E-state index in [-0.39, 0.29) is 30.3 Å². The minimum Gasteiger partial charge on any atom is -0.336 e. The molecule has 2 N–H and O–H groups in total. The molecular formula is C19H23ClN2OS. The molecule has 1 heterocycles. The molecule has 1 aliphatic heterocycles. The number of nitrogens with zero attached hydrogens (tertiary/aromatic N) is 1. The largest absolute Gasteiger partial charge is 0.336 e. The Morgan fingerprint density at radius 1 is 1.17 bits per heavy atom. The van der Waals surface area contributed by atoms with E-state index < -0.39 is 0 Å². The minimum atomic E-state index is -0.00890. The predicted octanol–water partition coefficient (Wildman–Crippen LogP) is 3.71. The number of amides is 1. The third kappa shape index (κ3) is 3.77. The minimum absolute atomic E-state index is 0. The zero-order valence-electron chi connectivity index (χ0n) is 13.9. The SMILES string of the molecule is CSc1ccc(C)c(C(=O)N2C[C@@H](N)[C@H](c3ccccc3)C2)c1.Cl. The van der Waals surface area contributed by atoms with E-state index in [2.05, 4.69) is 18.2 Å². The second-order valence-corrected chi connectivity index (χ2v) is 6.95. The molecule has 1 aliphatic rings. The summed E-state index contributed by atoms with van der Waals surface area (Å²) in [7, 11) is 0. The van der Waals surface area contributed by atoms with Crippen molar-refractivity contribution in [1.29, 1.82) is 0 Å². The van der Waals surface area contributed by atoms with Gasteiger partial charge in [0.1, 0.15) is 0 Å². The molecule has 1 amide bonds. The highest BCUT2D eigenvalue weighted by Gasteiger charge is 2.34. The molecule has 0 bridgehead atoms. The van der Waals surface area contributed by atoms with E-state index in [1.54, 1.807) is 11.8 Å². The molecule has 128 valence electrons. The van der Waals surface area contributed by atoms with Gasteiger partial charge in [-0.15, -0.1) is 24.2 Å². The third-order valence-corrected chi connectivity index (χ3v) is 5.28. The van der Waals surface area contributed by atoms with Crippen molar-refractivity contribution < 1.29 is 4.79 Å². The van der Waals surface area contributed by atoms with Gasteiger partial charge < -0.3 is 10.6 Å². The van der Waals surface area contributed by atoms with Crippen LogP contribution in [-0.2, 0) is 0 Å². The number of likely N-dealkylation sites (tertiary alicyclic amines) is 1. The molecular weight excluding hydrogens is 340 g/mol. The monoisotopic (exact) mass is 362 g/mol. The van der Waals surface area contributed by atoms with E-state index >= 15 is 0 Å². The quantitative estimate of drug-likeness (QED) is 0.847. The first-order chi connectivity index (χ1) is 11.1. The average molecular weight is 363 g/mol. The predicted molar refractivity (Wildman–Crippen MR) is 103 cm³/mol. The van der Waals surface area contributed by atoms with Crippen molar-refractivity contribution >= 4 is 30.1 Å². The van der Waals surface area contributed by atoms with E-state index in [0.29, 0.717) is 13.1 Å². The number of benzene rings is 2. The van der Waals surface area contributed by atoms with E-state index in [4.69, 9.17) is 5.73 Å². The molecule has 0 spiro atoms. The number of nitrogens with two attached hydrogens (primary N) is 1. The molecule has 3 nitrogen and oxygen atoms in total. The highest BCUT2D eigenvalue weighted by Crippen LogP contribution is 2.28. The van der Waals surface area contributed by atoms with Crippen LogP contribution in [0.15, 0.2) is 53.4 Å². The van der Waals surface area contributed by atoms with Gasteiger partial charge in [-0.1, -0.05) is 36.4 Å². The molecule has 2 atom stereocenters. The molecule has 2 aromatic rings. The Bertz CT molecular complexity index is 708. The lowest BCUT2D eigenvalue weighted by Crippen LogP contribution is -2.32. The van der Waals surface area contributed by atoms with Crippen LogP contribution in [0, 0.1) is 6.92 Å². The van der Waals surface area contributed by atoms with Crippen molar-refractivity contribution in [1.82, 2.24) is 4.90 Å². The van der Waals surface area contributed by atoms with Crippen molar-refractivity contribution in [2.45, 2.75) is 23.8 Å². The van der Waals surface area contributed by atoms with Crippen LogP contribution in [0.1, 0.15) is 27.4 Å². The molecule has 1 saturated heterocycles. The van der Waals surface area contributed by atoms with E-state index in [9.17, 15) is 4.79 Å². The summed E-state index contributed by atoms with van der Waals surface area (Å²) in [6.45, 7) is 3.29. The maximum atomic E-state index is 12.9. The summed E-state index contributed by atoms with van der Waals surface area (Å²) in [6.07, 6.45) is 2.02. The lowest BCUT2D eigenvalue weighted by molar-refractivity contribution is 0.0788. The van der Waals surface area contributed by atoms with Gasteiger partial charge in [0, 0.05) is 35.5 Å². The van der Waals surface area contributed by atoms with Crippen molar-refractivity contribution in [3.05, 3.63) is 65.2 Å². The van der Waals surface area contributed by atoms with Gasteiger partial charge in [-0.3, -0.25) is 4.79 Å². The Balaban J connectivity index is 0.00000208. The average Bonchev–Trinajstić information content (AvgIpc) is 2.97.